The number of phenols is 1. The number of nitrogens with one attached hydrogen (secondary N) is 2. The van der Waals surface area contributed by atoms with E-state index in [-0.39, 0.29) is 35.7 Å². The SMILES string of the molecule is O=C(CCc1ccc(OCCCCCNCC(O)c2ccc(O)c3[nH]c(=O)ccc23)cc1)N1CC(C(=O)O)(c2ccccc2)C1C1CN2CCC1CC2. The van der Waals surface area contributed by atoms with Crippen molar-refractivity contribution in [3.05, 3.63) is 106 Å². The number of nitrogens with zero attached hydrogens (tertiary/aromatic N) is 2. The van der Waals surface area contributed by atoms with Crippen LogP contribution in [0.25, 0.3) is 10.9 Å². The van der Waals surface area contributed by atoms with Gasteiger partial charge in [-0.3, -0.25) is 14.4 Å². The Labute approximate surface area is 309 Å². The highest BCUT2D eigenvalue weighted by molar-refractivity contribution is 5.90. The van der Waals surface area contributed by atoms with Crippen molar-refractivity contribution >= 4 is 22.8 Å². The molecule has 3 aromatic carbocycles. The highest BCUT2D eigenvalue weighted by Crippen LogP contribution is 2.50. The van der Waals surface area contributed by atoms with Gasteiger partial charge in [0.25, 0.3) is 0 Å². The Morgan fingerprint density at radius 1 is 0.962 bits per heavy atom. The fourth-order valence-electron chi connectivity index (χ4n) is 8.90. The van der Waals surface area contributed by atoms with Gasteiger partial charge in [0.05, 0.1) is 24.3 Å². The third kappa shape index (κ3) is 7.69. The highest BCUT2D eigenvalue weighted by Gasteiger charge is 2.64. The van der Waals surface area contributed by atoms with Crippen LogP contribution in [0, 0.1) is 11.8 Å². The average Bonchev–Trinajstić information content (AvgIpc) is 3.16. The van der Waals surface area contributed by atoms with Crippen LogP contribution in [-0.2, 0) is 21.4 Å². The number of aliphatic hydroxyl groups is 1. The molecule has 4 atom stereocenters. The molecular formula is C42H50N4O7. The second-order valence-corrected chi connectivity index (χ2v) is 15.0. The first kappa shape index (κ1) is 36.6. The first-order chi connectivity index (χ1) is 25.7. The number of phenolic OH excluding ortho intramolecular Hbond substituents is 1. The largest absolute Gasteiger partial charge is 0.506 e. The van der Waals surface area contributed by atoms with Gasteiger partial charge in [0.2, 0.25) is 11.5 Å². The number of aromatic hydroxyl groups is 1. The molecule has 8 rings (SSSR count). The number of fused-ring (bicyclic) bond motifs is 4. The van der Waals surface area contributed by atoms with E-state index in [9.17, 15) is 29.7 Å². The number of hydrogen-bond donors (Lipinski definition) is 5. The van der Waals surface area contributed by atoms with E-state index in [4.69, 9.17) is 4.74 Å². The average molecular weight is 723 g/mol. The lowest BCUT2D eigenvalue weighted by Crippen LogP contribution is -2.76. The van der Waals surface area contributed by atoms with Crippen LogP contribution < -0.4 is 15.6 Å². The fraction of sp³-hybridized carbons (Fsp3) is 0.452. The van der Waals surface area contributed by atoms with E-state index in [0.717, 1.165) is 75.2 Å². The number of carboxylic acid groups (broad SMARTS) is 1. The van der Waals surface area contributed by atoms with Crippen molar-refractivity contribution in [3.8, 4) is 11.5 Å². The summed E-state index contributed by atoms with van der Waals surface area (Å²) in [5, 5.41) is 35.4. The van der Waals surface area contributed by atoms with Crippen molar-refractivity contribution < 1.29 is 29.6 Å². The Bertz CT molecular complexity index is 1940. The monoisotopic (exact) mass is 722 g/mol. The number of unbranched alkanes of at least 4 members (excludes halogenated alkanes) is 2. The number of aliphatic hydroxyl groups excluding tert-OH is 1. The van der Waals surface area contributed by atoms with Crippen molar-refractivity contribution in [1.29, 1.82) is 0 Å². The molecule has 0 spiro atoms. The molecule has 4 aromatic rings. The minimum atomic E-state index is -1.08. The van der Waals surface area contributed by atoms with Gasteiger partial charge in [-0.2, -0.15) is 0 Å². The van der Waals surface area contributed by atoms with Gasteiger partial charge in [-0.1, -0.05) is 48.5 Å². The quantitative estimate of drug-likeness (QED) is 0.104. The van der Waals surface area contributed by atoms with E-state index in [2.05, 4.69) is 15.2 Å². The van der Waals surface area contributed by atoms with E-state index < -0.39 is 17.5 Å². The molecular weight excluding hydrogens is 672 g/mol. The molecule has 4 unspecified atom stereocenters. The zero-order chi connectivity index (χ0) is 37.0. The highest BCUT2D eigenvalue weighted by atomic mass is 16.5. The minimum absolute atomic E-state index is 0.0231. The van der Waals surface area contributed by atoms with E-state index >= 15 is 0 Å². The van der Waals surface area contributed by atoms with Gasteiger partial charge in [-0.05, 0) is 111 Å². The van der Waals surface area contributed by atoms with Gasteiger partial charge in [0.1, 0.15) is 16.9 Å². The number of carbonyl (C=O) groups excluding carboxylic acids is 1. The number of carboxylic acids is 1. The first-order valence-corrected chi connectivity index (χ1v) is 19.0. The van der Waals surface area contributed by atoms with Crippen molar-refractivity contribution in [2.45, 2.75) is 62.5 Å². The van der Waals surface area contributed by atoms with Crippen molar-refractivity contribution in [2.75, 3.05) is 45.9 Å². The van der Waals surface area contributed by atoms with Crippen LogP contribution in [0.1, 0.15) is 61.3 Å². The van der Waals surface area contributed by atoms with Crippen LogP contribution in [0.5, 0.6) is 11.5 Å². The maximum Gasteiger partial charge on any atom is 0.318 e. The number of aryl methyl sites for hydroxylation is 1. The number of ether oxygens (including phenoxy) is 1. The van der Waals surface area contributed by atoms with E-state index in [0.29, 0.717) is 48.4 Å². The van der Waals surface area contributed by atoms with Gasteiger partial charge in [-0.15, -0.1) is 0 Å². The zero-order valence-corrected chi connectivity index (χ0v) is 30.1. The number of aromatic nitrogens is 1. The third-order valence-corrected chi connectivity index (χ3v) is 11.8. The number of H-pyrrole nitrogens is 1. The molecule has 4 aliphatic heterocycles. The molecule has 4 saturated heterocycles. The summed E-state index contributed by atoms with van der Waals surface area (Å²) in [6.45, 7) is 4.86. The third-order valence-electron chi connectivity index (χ3n) is 11.8. The topological polar surface area (TPSA) is 155 Å². The number of aromatic amines is 1. The van der Waals surface area contributed by atoms with Crippen LogP contribution >= 0.6 is 0 Å². The molecule has 5 N–H and O–H groups in total. The lowest BCUT2D eigenvalue weighted by molar-refractivity contribution is -0.175. The maximum absolute atomic E-state index is 13.8. The Balaban J connectivity index is 0.841. The molecule has 11 heteroatoms. The Kier molecular flexibility index (Phi) is 11.1. The molecule has 2 bridgehead atoms. The number of benzene rings is 3. The van der Waals surface area contributed by atoms with Crippen LogP contribution in [0.2, 0.25) is 0 Å². The maximum atomic E-state index is 13.8. The lowest BCUT2D eigenvalue weighted by Gasteiger charge is -2.62. The van der Waals surface area contributed by atoms with Crippen molar-refractivity contribution in [3.63, 3.8) is 0 Å². The van der Waals surface area contributed by atoms with Crippen molar-refractivity contribution in [2.24, 2.45) is 11.8 Å². The molecule has 0 saturated carbocycles. The number of likely N-dealkylation sites (tertiary alicyclic amines) is 1. The van der Waals surface area contributed by atoms with Gasteiger partial charge in [0, 0.05) is 37.5 Å². The summed E-state index contributed by atoms with van der Waals surface area (Å²) in [7, 11) is 0. The van der Waals surface area contributed by atoms with Crippen LogP contribution in [0.15, 0.2) is 83.7 Å². The van der Waals surface area contributed by atoms with Gasteiger partial charge < -0.3 is 40.2 Å². The fourth-order valence-corrected chi connectivity index (χ4v) is 8.90. The normalized spacial score (nSPS) is 24.1. The van der Waals surface area contributed by atoms with E-state index in [1.807, 2.05) is 59.5 Å². The second-order valence-electron chi connectivity index (χ2n) is 15.0. The molecule has 0 radical (unpaired) electrons. The van der Waals surface area contributed by atoms with Crippen LogP contribution in [0.4, 0.5) is 0 Å². The van der Waals surface area contributed by atoms with Gasteiger partial charge in [-0.25, -0.2) is 0 Å². The summed E-state index contributed by atoms with van der Waals surface area (Å²) in [4.78, 5) is 45.4. The van der Waals surface area contributed by atoms with Gasteiger partial charge in [0.15, 0.2) is 0 Å². The number of rotatable bonds is 16. The Hall–Kier alpha value is -4.71. The van der Waals surface area contributed by atoms with E-state index in [1.165, 1.54) is 12.1 Å². The molecule has 0 aliphatic carbocycles. The first-order valence-electron chi connectivity index (χ1n) is 19.0. The number of piperidine rings is 3. The molecule has 1 aromatic heterocycles. The molecule has 53 heavy (non-hydrogen) atoms. The summed E-state index contributed by atoms with van der Waals surface area (Å²) in [5.74, 6) is 0.536. The van der Waals surface area contributed by atoms with Crippen molar-refractivity contribution in [1.82, 2.24) is 20.1 Å². The molecule has 280 valence electrons. The molecule has 5 heterocycles. The number of aliphatic carboxylic acids is 1. The number of pyridine rings is 1. The summed E-state index contributed by atoms with van der Waals surface area (Å²) >= 11 is 0. The van der Waals surface area contributed by atoms with Gasteiger partial charge >= 0.3 is 5.97 Å². The predicted octanol–water partition coefficient (Wildman–Crippen LogP) is 4.61. The Morgan fingerprint density at radius 2 is 1.74 bits per heavy atom. The molecule has 1 amide bonds. The second kappa shape index (κ2) is 16.1. The summed E-state index contributed by atoms with van der Waals surface area (Å²) < 4.78 is 5.96. The Morgan fingerprint density at radius 3 is 2.45 bits per heavy atom. The molecule has 4 aliphatic rings. The molecule has 4 fully saturated rings. The zero-order valence-electron chi connectivity index (χ0n) is 30.1. The van der Waals surface area contributed by atoms with Crippen LogP contribution in [0.3, 0.4) is 0 Å². The number of carbonyl (C=O) groups is 2. The lowest BCUT2D eigenvalue weighted by atomic mass is 9.58. The summed E-state index contributed by atoms with van der Waals surface area (Å²) in [6, 6.07) is 23.2. The van der Waals surface area contributed by atoms with E-state index in [1.54, 1.807) is 12.1 Å². The smallest absolute Gasteiger partial charge is 0.318 e. The number of amides is 1. The van der Waals surface area contributed by atoms with Crippen LogP contribution in [-0.4, -0.2) is 93.9 Å². The standard InChI is InChI=1S/C42H50N4O7/c47-35-16-14-32(33-15-17-37(49)44-39(33)35)36(48)25-43-21-5-2-6-24-53-31-12-9-28(10-13-31)11-18-38(50)46-27-42(41(51)52,30-7-3-1-4-8-30)40(46)34-26-45-22-19-29(34)20-23-45/h1,3-4,7-10,12-17,29,34,36,40,43,47-48H,2,5-6,11,18-27H2,(H,44,49)(H,51,52). The predicted molar refractivity (Wildman–Crippen MR) is 202 cm³/mol. The molecule has 11 nitrogen and oxygen atoms in total. The number of hydrogen-bond acceptors (Lipinski definition) is 8. The minimum Gasteiger partial charge on any atom is -0.506 e. The summed E-state index contributed by atoms with van der Waals surface area (Å²) in [6.07, 6.45) is 5.02. The summed E-state index contributed by atoms with van der Waals surface area (Å²) in [5.41, 5.74) is 1.41.